The standard InChI is InChI=1S/C13H17F3O4/c1-11(2,3)20-10(18)12(9(17)19-4)6-5-8(7-12)13(14,15)16/h5H,6-7H2,1-4H3. The second kappa shape index (κ2) is 5.10. The molecule has 0 aromatic carbocycles. The van der Waals surface area contributed by atoms with Gasteiger partial charge in [0.1, 0.15) is 5.60 Å². The molecule has 0 amide bonds. The Morgan fingerprint density at radius 1 is 1.20 bits per heavy atom. The average molecular weight is 294 g/mol. The summed E-state index contributed by atoms with van der Waals surface area (Å²) < 4.78 is 47.7. The molecular formula is C13H17F3O4. The van der Waals surface area contributed by atoms with Crippen LogP contribution in [0.2, 0.25) is 0 Å². The fourth-order valence-electron chi connectivity index (χ4n) is 1.95. The molecule has 0 aromatic rings. The maximum absolute atomic E-state index is 12.7. The normalized spacial score (nSPS) is 23.2. The summed E-state index contributed by atoms with van der Waals surface area (Å²) in [5.41, 5.74) is -3.75. The Morgan fingerprint density at radius 2 is 1.75 bits per heavy atom. The zero-order valence-electron chi connectivity index (χ0n) is 11.8. The van der Waals surface area contributed by atoms with E-state index in [1.807, 2.05) is 0 Å². The van der Waals surface area contributed by atoms with Crippen LogP contribution in [0, 0.1) is 5.41 Å². The van der Waals surface area contributed by atoms with Gasteiger partial charge in [0.2, 0.25) is 0 Å². The Kier molecular flexibility index (Phi) is 4.22. The molecule has 0 spiro atoms. The van der Waals surface area contributed by atoms with E-state index in [2.05, 4.69) is 4.74 Å². The van der Waals surface area contributed by atoms with Gasteiger partial charge in [0.25, 0.3) is 0 Å². The van der Waals surface area contributed by atoms with Crippen LogP contribution >= 0.6 is 0 Å². The number of rotatable bonds is 2. The van der Waals surface area contributed by atoms with Crippen LogP contribution < -0.4 is 0 Å². The second-order valence-corrected chi connectivity index (χ2v) is 5.68. The first kappa shape index (κ1) is 16.5. The lowest BCUT2D eigenvalue weighted by molar-refractivity contribution is -0.178. The van der Waals surface area contributed by atoms with Gasteiger partial charge in [0, 0.05) is 12.0 Å². The molecule has 1 atom stereocenters. The molecule has 0 N–H and O–H groups in total. The van der Waals surface area contributed by atoms with E-state index in [0.29, 0.717) is 0 Å². The summed E-state index contributed by atoms with van der Waals surface area (Å²) in [6.45, 7) is 4.72. The lowest BCUT2D eigenvalue weighted by Crippen LogP contribution is -2.43. The minimum atomic E-state index is -4.57. The number of esters is 2. The maximum atomic E-state index is 12.7. The molecule has 0 radical (unpaired) electrons. The summed E-state index contributed by atoms with van der Waals surface area (Å²) in [7, 11) is 1.03. The van der Waals surface area contributed by atoms with E-state index >= 15 is 0 Å². The number of carbonyl (C=O) groups excluding carboxylic acids is 2. The van der Waals surface area contributed by atoms with Crippen LogP contribution in [0.3, 0.4) is 0 Å². The largest absolute Gasteiger partial charge is 0.468 e. The first-order valence-corrected chi connectivity index (χ1v) is 6.00. The zero-order valence-corrected chi connectivity index (χ0v) is 11.8. The van der Waals surface area contributed by atoms with Gasteiger partial charge in [-0.3, -0.25) is 9.59 Å². The third-order valence-electron chi connectivity index (χ3n) is 2.92. The smallest absolute Gasteiger partial charge is 0.412 e. The van der Waals surface area contributed by atoms with Gasteiger partial charge in [0.15, 0.2) is 5.41 Å². The molecule has 4 nitrogen and oxygen atoms in total. The SMILES string of the molecule is COC(=O)C1(C(=O)OC(C)(C)C)CC=C(C(F)(F)F)C1. The first-order valence-electron chi connectivity index (χ1n) is 6.00. The number of hydrogen-bond acceptors (Lipinski definition) is 4. The predicted molar refractivity (Wildman–Crippen MR) is 63.7 cm³/mol. The summed E-state index contributed by atoms with van der Waals surface area (Å²) in [5.74, 6) is -2.01. The second-order valence-electron chi connectivity index (χ2n) is 5.68. The van der Waals surface area contributed by atoms with Gasteiger partial charge in [-0.15, -0.1) is 0 Å². The van der Waals surface area contributed by atoms with Crippen molar-refractivity contribution < 1.29 is 32.2 Å². The van der Waals surface area contributed by atoms with Gasteiger partial charge in [-0.25, -0.2) is 0 Å². The third kappa shape index (κ3) is 3.32. The van der Waals surface area contributed by atoms with Crippen molar-refractivity contribution in [2.45, 2.75) is 45.4 Å². The van der Waals surface area contributed by atoms with Crippen LogP contribution in [0.1, 0.15) is 33.6 Å². The van der Waals surface area contributed by atoms with E-state index < -0.39 is 41.1 Å². The molecule has 0 saturated carbocycles. The van der Waals surface area contributed by atoms with Gasteiger partial charge in [-0.2, -0.15) is 13.2 Å². The van der Waals surface area contributed by atoms with E-state index in [9.17, 15) is 22.8 Å². The predicted octanol–water partition coefficient (Wildman–Crippen LogP) is 2.77. The number of ether oxygens (including phenoxy) is 2. The highest BCUT2D eigenvalue weighted by Gasteiger charge is 2.56. The molecule has 1 aliphatic carbocycles. The van der Waals surface area contributed by atoms with E-state index in [0.717, 1.165) is 13.2 Å². The summed E-state index contributed by atoms with van der Waals surface area (Å²) in [6, 6.07) is 0. The molecule has 0 heterocycles. The molecule has 0 saturated heterocycles. The van der Waals surface area contributed by atoms with Crippen LogP contribution in [0.25, 0.3) is 0 Å². The van der Waals surface area contributed by atoms with E-state index in [4.69, 9.17) is 4.74 Å². The van der Waals surface area contributed by atoms with Gasteiger partial charge in [0.05, 0.1) is 7.11 Å². The lowest BCUT2D eigenvalue weighted by Gasteiger charge is -2.29. The van der Waals surface area contributed by atoms with Crippen molar-refractivity contribution in [3.05, 3.63) is 11.6 Å². The van der Waals surface area contributed by atoms with Gasteiger partial charge >= 0.3 is 18.1 Å². The molecule has 1 aliphatic rings. The Labute approximate surface area is 114 Å². The molecule has 0 aromatic heterocycles. The Morgan fingerprint density at radius 3 is 2.10 bits per heavy atom. The molecule has 7 heteroatoms. The third-order valence-corrected chi connectivity index (χ3v) is 2.92. The number of halogens is 3. The molecule has 0 aliphatic heterocycles. The van der Waals surface area contributed by atoms with Crippen LogP contribution in [0.5, 0.6) is 0 Å². The Hall–Kier alpha value is -1.53. The van der Waals surface area contributed by atoms with Crippen molar-refractivity contribution in [1.82, 2.24) is 0 Å². The Bertz CT molecular complexity index is 446. The fourth-order valence-corrected chi connectivity index (χ4v) is 1.95. The number of hydrogen-bond donors (Lipinski definition) is 0. The zero-order chi connectivity index (χ0) is 15.8. The number of alkyl halides is 3. The average Bonchev–Trinajstić information content (AvgIpc) is 2.71. The topological polar surface area (TPSA) is 52.6 Å². The molecule has 20 heavy (non-hydrogen) atoms. The van der Waals surface area contributed by atoms with Crippen LogP contribution in [0.4, 0.5) is 13.2 Å². The lowest BCUT2D eigenvalue weighted by atomic mass is 9.84. The minimum absolute atomic E-state index is 0.372. The van der Waals surface area contributed by atoms with Crippen molar-refractivity contribution in [1.29, 1.82) is 0 Å². The molecule has 1 rings (SSSR count). The van der Waals surface area contributed by atoms with Crippen LogP contribution in [-0.2, 0) is 19.1 Å². The molecule has 114 valence electrons. The number of methoxy groups -OCH3 is 1. The monoisotopic (exact) mass is 294 g/mol. The van der Waals surface area contributed by atoms with E-state index in [1.54, 1.807) is 20.8 Å². The quantitative estimate of drug-likeness (QED) is 0.446. The van der Waals surface area contributed by atoms with Gasteiger partial charge in [-0.05, 0) is 27.2 Å². The molecule has 1 unspecified atom stereocenters. The van der Waals surface area contributed by atoms with Gasteiger partial charge in [-0.1, -0.05) is 6.08 Å². The van der Waals surface area contributed by atoms with Crippen molar-refractivity contribution in [3.63, 3.8) is 0 Å². The van der Waals surface area contributed by atoms with Crippen molar-refractivity contribution in [2.24, 2.45) is 5.41 Å². The Balaban J connectivity index is 3.05. The summed E-state index contributed by atoms with van der Waals surface area (Å²) >= 11 is 0. The van der Waals surface area contributed by atoms with Crippen molar-refractivity contribution >= 4 is 11.9 Å². The molecular weight excluding hydrogens is 277 g/mol. The summed E-state index contributed by atoms with van der Waals surface area (Å²) in [5, 5.41) is 0. The van der Waals surface area contributed by atoms with Gasteiger partial charge < -0.3 is 9.47 Å². The summed E-state index contributed by atoms with van der Waals surface area (Å²) in [4.78, 5) is 23.9. The van der Waals surface area contributed by atoms with E-state index in [1.165, 1.54) is 0 Å². The highest BCUT2D eigenvalue weighted by atomic mass is 19.4. The molecule has 0 fully saturated rings. The first-order chi connectivity index (χ1) is 8.92. The highest BCUT2D eigenvalue weighted by Crippen LogP contribution is 2.46. The highest BCUT2D eigenvalue weighted by molar-refractivity contribution is 6.01. The number of allylic oxidation sites excluding steroid dienone is 2. The van der Waals surface area contributed by atoms with Crippen LogP contribution in [-0.4, -0.2) is 30.8 Å². The minimum Gasteiger partial charge on any atom is -0.468 e. The van der Waals surface area contributed by atoms with Crippen LogP contribution in [0.15, 0.2) is 11.6 Å². The maximum Gasteiger partial charge on any atom is 0.412 e. The summed E-state index contributed by atoms with van der Waals surface area (Å²) in [6.07, 6.45) is -4.85. The van der Waals surface area contributed by atoms with E-state index in [-0.39, 0.29) is 6.42 Å². The van der Waals surface area contributed by atoms with Crippen molar-refractivity contribution in [3.8, 4) is 0 Å². The molecule has 0 bridgehead atoms. The fraction of sp³-hybridized carbons (Fsp3) is 0.692. The van der Waals surface area contributed by atoms with Crippen molar-refractivity contribution in [2.75, 3.05) is 7.11 Å². The number of carbonyl (C=O) groups is 2.